The molecule has 1 fully saturated rings. The number of hydrogen-bond donors (Lipinski definition) is 1. The molecule has 1 N–H and O–H groups in total. The summed E-state index contributed by atoms with van der Waals surface area (Å²) < 4.78 is 11.1. The summed E-state index contributed by atoms with van der Waals surface area (Å²) in [7, 11) is 1.44. The fourth-order valence-electron chi connectivity index (χ4n) is 3.25. The van der Waals surface area contributed by atoms with Crippen molar-refractivity contribution in [2.75, 3.05) is 13.7 Å². The van der Waals surface area contributed by atoms with Crippen molar-refractivity contribution >= 4 is 5.97 Å². The first kappa shape index (κ1) is 15.8. The van der Waals surface area contributed by atoms with Crippen LogP contribution in [0, 0.1) is 13.8 Å². The molecule has 0 bridgehead atoms. The highest BCUT2D eigenvalue weighted by Crippen LogP contribution is 2.34. The van der Waals surface area contributed by atoms with Crippen molar-refractivity contribution in [3.8, 4) is 5.75 Å². The zero-order valence-corrected chi connectivity index (χ0v) is 13.4. The first-order valence-electron chi connectivity index (χ1n) is 7.57. The largest absolute Gasteiger partial charge is 0.490 e. The number of rotatable bonds is 5. The first-order chi connectivity index (χ1) is 9.99. The molecule has 2 rings (SSSR count). The Bertz CT molecular complexity index is 495. The SMILES string of the molecule is CCNC1(C(=O)OC)CCC(Oc2cc(C)cc(C)c2)C1. The summed E-state index contributed by atoms with van der Waals surface area (Å²) in [5.74, 6) is 0.700. The van der Waals surface area contributed by atoms with Crippen molar-refractivity contribution in [1.82, 2.24) is 5.32 Å². The monoisotopic (exact) mass is 291 g/mol. The van der Waals surface area contributed by atoms with Gasteiger partial charge in [-0.05, 0) is 56.5 Å². The van der Waals surface area contributed by atoms with Gasteiger partial charge in [0, 0.05) is 6.42 Å². The fourth-order valence-corrected chi connectivity index (χ4v) is 3.25. The summed E-state index contributed by atoms with van der Waals surface area (Å²) in [6.45, 7) is 6.87. The second-order valence-corrected chi connectivity index (χ2v) is 5.91. The molecule has 0 heterocycles. The highest BCUT2D eigenvalue weighted by molar-refractivity contribution is 5.81. The van der Waals surface area contributed by atoms with Crippen molar-refractivity contribution in [2.45, 2.75) is 51.7 Å². The van der Waals surface area contributed by atoms with E-state index in [2.05, 4.69) is 25.2 Å². The molecule has 0 spiro atoms. The third-order valence-electron chi connectivity index (χ3n) is 4.06. The Morgan fingerprint density at radius 1 is 1.33 bits per heavy atom. The summed E-state index contributed by atoms with van der Waals surface area (Å²) in [5, 5.41) is 3.29. The van der Waals surface area contributed by atoms with E-state index in [1.54, 1.807) is 0 Å². The van der Waals surface area contributed by atoms with Gasteiger partial charge in [-0.3, -0.25) is 4.79 Å². The smallest absolute Gasteiger partial charge is 0.326 e. The van der Waals surface area contributed by atoms with Crippen LogP contribution in [0.15, 0.2) is 18.2 Å². The van der Waals surface area contributed by atoms with Gasteiger partial charge in [-0.2, -0.15) is 0 Å². The van der Waals surface area contributed by atoms with Gasteiger partial charge in [0.1, 0.15) is 17.4 Å². The third kappa shape index (κ3) is 3.56. The molecular formula is C17H25NO3. The number of likely N-dealkylation sites (N-methyl/N-ethyl adjacent to an activating group) is 1. The zero-order chi connectivity index (χ0) is 15.5. The number of carbonyl (C=O) groups excluding carboxylic acids is 1. The summed E-state index contributed by atoms with van der Waals surface area (Å²) in [5.41, 5.74) is 1.79. The van der Waals surface area contributed by atoms with Crippen LogP contribution in [-0.2, 0) is 9.53 Å². The van der Waals surface area contributed by atoms with Crippen LogP contribution in [-0.4, -0.2) is 31.3 Å². The minimum atomic E-state index is -0.590. The van der Waals surface area contributed by atoms with E-state index in [9.17, 15) is 4.79 Å². The van der Waals surface area contributed by atoms with Gasteiger partial charge in [0.25, 0.3) is 0 Å². The quantitative estimate of drug-likeness (QED) is 0.847. The number of carbonyl (C=O) groups is 1. The molecule has 2 atom stereocenters. The number of esters is 1. The van der Waals surface area contributed by atoms with Crippen molar-refractivity contribution in [1.29, 1.82) is 0 Å². The summed E-state index contributed by atoms with van der Waals surface area (Å²) in [4.78, 5) is 12.1. The van der Waals surface area contributed by atoms with Gasteiger partial charge in [0.2, 0.25) is 0 Å². The zero-order valence-electron chi connectivity index (χ0n) is 13.4. The maximum absolute atomic E-state index is 12.1. The van der Waals surface area contributed by atoms with E-state index in [4.69, 9.17) is 9.47 Å². The van der Waals surface area contributed by atoms with Crippen LogP contribution in [0.2, 0.25) is 0 Å². The van der Waals surface area contributed by atoms with Gasteiger partial charge in [0.05, 0.1) is 7.11 Å². The third-order valence-corrected chi connectivity index (χ3v) is 4.06. The Balaban J connectivity index is 2.08. The first-order valence-corrected chi connectivity index (χ1v) is 7.57. The fraction of sp³-hybridized carbons (Fsp3) is 0.588. The van der Waals surface area contributed by atoms with E-state index in [1.165, 1.54) is 18.2 Å². The molecule has 1 aliphatic carbocycles. The van der Waals surface area contributed by atoms with Crippen LogP contribution in [0.3, 0.4) is 0 Å². The van der Waals surface area contributed by atoms with Crippen LogP contribution >= 0.6 is 0 Å². The van der Waals surface area contributed by atoms with Gasteiger partial charge in [-0.25, -0.2) is 0 Å². The molecule has 4 heteroatoms. The van der Waals surface area contributed by atoms with Crippen LogP contribution in [0.5, 0.6) is 5.75 Å². The minimum Gasteiger partial charge on any atom is -0.490 e. The molecule has 1 aromatic carbocycles. The van der Waals surface area contributed by atoms with E-state index in [-0.39, 0.29) is 12.1 Å². The maximum Gasteiger partial charge on any atom is 0.326 e. The lowest BCUT2D eigenvalue weighted by Crippen LogP contribution is -2.51. The topological polar surface area (TPSA) is 47.6 Å². The van der Waals surface area contributed by atoms with E-state index in [0.29, 0.717) is 6.42 Å². The molecule has 21 heavy (non-hydrogen) atoms. The average molecular weight is 291 g/mol. The van der Waals surface area contributed by atoms with E-state index < -0.39 is 5.54 Å². The molecule has 1 aromatic rings. The van der Waals surface area contributed by atoms with Crippen molar-refractivity contribution in [3.05, 3.63) is 29.3 Å². The highest BCUT2D eigenvalue weighted by Gasteiger charge is 2.46. The number of methoxy groups -OCH3 is 1. The molecule has 2 unspecified atom stereocenters. The molecule has 4 nitrogen and oxygen atoms in total. The lowest BCUT2D eigenvalue weighted by Gasteiger charge is -2.27. The molecule has 1 aliphatic rings. The molecular weight excluding hydrogens is 266 g/mol. The maximum atomic E-state index is 12.1. The number of aryl methyl sites for hydroxylation is 2. The Morgan fingerprint density at radius 3 is 2.57 bits per heavy atom. The summed E-state index contributed by atoms with van der Waals surface area (Å²) >= 11 is 0. The number of nitrogens with one attached hydrogen (secondary N) is 1. The van der Waals surface area contributed by atoms with E-state index >= 15 is 0 Å². The van der Waals surface area contributed by atoms with Crippen molar-refractivity contribution < 1.29 is 14.3 Å². The van der Waals surface area contributed by atoms with Gasteiger partial charge in [-0.15, -0.1) is 0 Å². The number of ether oxygens (including phenoxy) is 2. The lowest BCUT2D eigenvalue weighted by molar-refractivity contribution is -0.148. The summed E-state index contributed by atoms with van der Waals surface area (Å²) in [6, 6.07) is 6.20. The van der Waals surface area contributed by atoms with Crippen LogP contribution in [0.4, 0.5) is 0 Å². The Kier molecular flexibility index (Phi) is 4.88. The standard InChI is InChI=1S/C17H25NO3/c1-5-18-17(16(19)20-4)7-6-14(11-17)21-15-9-12(2)8-13(3)10-15/h8-10,14,18H,5-7,11H2,1-4H3. The second-order valence-electron chi connectivity index (χ2n) is 5.91. The summed E-state index contributed by atoms with van der Waals surface area (Å²) in [6.07, 6.45) is 2.31. The van der Waals surface area contributed by atoms with E-state index in [0.717, 1.165) is 25.1 Å². The molecule has 0 amide bonds. The van der Waals surface area contributed by atoms with Crippen LogP contribution in [0.1, 0.15) is 37.3 Å². The molecule has 0 radical (unpaired) electrons. The Hall–Kier alpha value is -1.55. The number of benzene rings is 1. The van der Waals surface area contributed by atoms with Crippen molar-refractivity contribution in [2.24, 2.45) is 0 Å². The van der Waals surface area contributed by atoms with Crippen LogP contribution in [0.25, 0.3) is 0 Å². The van der Waals surface area contributed by atoms with Gasteiger partial charge >= 0.3 is 5.97 Å². The molecule has 1 saturated carbocycles. The van der Waals surface area contributed by atoms with Gasteiger partial charge in [0.15, 0.2) is 0 Å². The minimum absolute atomic E-state index is 0.0457. The Morgan fingerprint density at radius 2 is 2.00 bits per heavy atom. The highest BCUT2D eigenvalue weighted by atomic mass is 16.5. The molecule has 0 aromatic heterocycles. The molecule has 0 aliphatic heterocycles. The predicted octanol–water partition coefficient (Wildman–Crippen LogP) is 2.76. The molecule has 0 saturated heterocycles. The van der Waals surface area contributed by atoms with Gasteiger partial charge in [-0.1, -0.05) is 13.0 Å². The number of hydrogen-bond acceptors (Lipinski definition) is 4. The lowest BCUT2D eigenvalue weighted by atomic mass is 9.97. The molecule has 116 valence electrons. The van der Waals surface area contributed by atoms with Crippen molar-refractivity contribution in [3.63, 3.8) is 0 Å². The average Bonchev–Trinajstić information content (AvgIpc) is 2.81. The van der Waals surface area contributed by atoms with Gasteiger partial charge < -0.3 is 14.8 Å². The second kappa shape index (κ2) is 6.48. The van der Waals surface area contributed by atoms with Crippen LogP contribution < -0.4 is 10.1 Å². The van der Waals surface area contributed by atoms with E-state index in [1.807, 2.05) is 19.1 Å². The predicted molar refractivity (Wildman–Crippen MR) is 82.6 cm³/mol. The Labute approximate surface area is 126 Å². The normalized spacial score (nSPS) is 24.9.